The molecule has 6 heteroatoms. The minimum Gasteiger partial charge on any atom is -0.492 e. The van der Waals surface area contributed by atoms with Crippen LogP contribution in [0.25, 0.3) is 21.7 Å². The van der Waals surface area contributed by atoms with Gasteiger partial charge in [0, 0.05) is 55.3 Å². The molecule has 0 spiro atoms. The molecule has 34 heavy (non-hydrogen) atoms. The van der Waals surface area contributed by atoms with Gasteiger partial charge in [0.2, 0.25) is 0 Å². The summed E-state index contributed by atoms with van der Waals surface area (Å²) in [5, 5.41) is 12.7. The smallest absolute Gasteiger partial charge is 0.143 e. The van der Waals surface area contributed by atoms with Crippen LogP contribution in [0.3, 0.4) is 0 Å². The van der Waals surface area contributed by atoms with E-state index in [9.17, 15) is 14.7 Å². The molecule has 2 aliphatic carbocycles. The Morgan fingerprint density at radius 3 is 2.79 bits per heavy atom. The lowest BCUT2D eigenvalue weighted by Crippen LogP contribution is -2.38. The number of Topliss-reactive ketones (excluding diaryl/α,β-unsaturated/α-hetero) is 2. The second kappa shape index (κ2) is 8.82. The molecule has 3 aromatic rings. The van der Waals surface area contributed by atoms with Gasteiger partial charge in [0.05, 0.1) is 12.4 Å². The number of nitrogens with zero attached hydrogens (tertiary/aromatic N) is 1. The van der Waals surface area contributed by atoms with E-state index in [0.717, 1.165) is 72.0 Å². The maximum atomic E-state index is 13.3. The van der Waals surface area contributed by atoms with E-state index in [2.05, 4.69) is 11.0 Å². The third kappa shape index (κ3) is 4.14. The number of hydrogen-bond donors (Lipinski definition) is 1. The van der Waals surface area contributed by atoms with Crippen LogP contribution >= 0.6 is 0 Å². The first-order chi connectivity index (χ1) is 16.6. The van der Waals surface area contributed by atoms with Gasteiger partial charge in [-0.2, -0.15) is 0 Å². The molecule has 1 aromatic heterocycles. The molecule has 1 saturated heterocycles. The molecule has 0 radical (unpaired) electrons. The zero-order valence-corrected chi connectivity index (χ0v) is 19.4. The molecule has 1 N–H and O–H groups in total. The fourth-order valence-corrected chi connectivity index (χ4v) is 5.88. The van der Waals surface area contributed by atoms with Crippen molar-refractivity contribution in [2.24, 2.45) is 11.8 Å². The second-order valence-corrected chi connectivity index (χ2v) is 10.3. The number of rotatable bonds is 5. The summed E-state index contributed by atoms with van der Waals surface area (Å²) in [4.78, 5) is 27.8. The number of ether oxygens (including phenoxy) is 1. The molecule has 0 amide bonds. The minimum atomic E-state index is -0.273. The summed E-state index contributed by atoms with van der Waals surface area (Å²) >= 11 is 0. The predicted octanol–water partition coefficient (Wildman–Crippen LogP) is 4.46. The molecule has 2 heterocycles. The van der Waals surface area contributed by atoms with Gasteiger partial charge in [-0.25, -0.2) is 0 Å². The topological polar surface area (TPSA) is 80.0 Å². The number of ketones is 2. The van der Waals surface area contributed by atoms with Crippen molar-refractivity contribution in [3.05, 3.63) is 42.2 Å². The molecule has 3 atom stereocenters. The van der Waals surface area contributed by atoms with Gasteiger partial charge in [-0.05, 0) is 66.6 Å². The number of fused-ring (bicyclic) bond motifs is 4. The molecular formula is C28H31NO5. The third-order valence-electron chi connectivity index (χ3n) is 8.00. The number of aliphatic hydroxyl groups is 1. The van der Waals surface area contributed by atoms with E-state index >= 15 is 0 Å². The zero-order chi connectivity index (χ0) is 23.2. The Morgan fingerprint density at radius 1 is 1.09 bits per heavy atom. The average Bonchev–Trinajstić information content (AvgIpc) is 3.46. The van der Waals surface area contributed by atoms with Crippen LogP contribution in [0.2, 0.25) is 0 Å². The van der Waals surface area contributed by atoms with E-state index in [0.29, 0.717) is 25.9 Å². The fraction of sp³-hybridized carbons (Fsp3) is 0.500. The summed E-state index contributed by atoms with van der Waals surface area (Å²) in [5.41, 5.74) is 1.70. The number of benzene rings is 2. The van der Waals surface area contributed by atoms with Gasteiger partial charge in [-0.1, -0.05) is 6.07 Å². The fourth-order valence-electron chi connectivity index (χ4n) is 5.88. The number of likely N-dealkylation sites (tertiary alicyclic amines) is 1. The van der Waals surface area contributed by atoms with Crippen LogP contribution in [-0.2, 0) is 9.59 Å². The van der Waals surface area contributed by atoms with Crippen LogP contribution in [0.1, 0.15) is 50.0 Å². The molecular weight excluding hydrogens is 430 g/mol. The van der Waals surface area contributed by atoms with Gasteiger partial charge in [-0.15, -0.1) is 0 Å². The van der Waals surface area contributed by atoms with Crippen molar-refractivity contribution in [3.8, 4) is 5.75 Å². The first-order valence-electron chi connectivity index (χ1n) is 12.6. The molecule has 6 rings (SSSR count). The number of aliphatic hydroxyl groups excluding tert-OH is 1. The van der Waals surface area contributed by atoms with Gasteiger partial charge in [0.15, 0.2) is 0 Å². The largest absolute Gasteiger partial charge is 0.492 e. The van der Waals surface area contributed by atoms with Crippen LogP contribution in [0.5, 0.6) is 5.75 Å². The number of furan rings is 1. The first-order valence-corrected chi connectivity index (χ1v) is 12.6. The van der Waals surface area contributed by atoms with Gasteiger partial charge in [-0.3, -0.25) is 14.5 Å². The molecule has 2 saturated carbocycles. The van der Waals surface area contributed by atoms with E-state index in [-0.39, 0.29) is 35.4 Å². The number of carbonyl (C=O) groups is 2. The van der Waals surface area contributed by atoms with Crippen molar-refractivity contribution < 1.29 is 23.8 Å². The van der Waals surface area contributed by atoms with Crippen LogP contribution in [-0.4, -0.2) is 53.9 Å². The summed E-state index contributed by atoms with van der Waals surface area (Å²) in [7, 11) is 0. The normalized spacial score (nSPS) is 26.4. The summed E-state index contributed by atoms with van der Waals surface area (Å²) in [6.07, 6.45) is 5.70. The second-order valence-electron chi connectivity index (χ2n) is 10.3. The van der Waals surface area contributed by atoms with E-state index < -0.39 is 0 Å². The van der Waals surface area contributed by atoms with Crippen LogP contribution in [0.4, 0.5) is 0 Å². The van der Waals surface area contributed by atoms with E-state index in [4.69, 9.17) is 9.15 Å². The monoisotopic (exact) mass is 461 g/mol. The molecule has 1 aliphatic heterocycles. The number of hydrogen-bond acceptors (Lipinski definition) is 6. The molecule has 6 nitrogen and oxygen atoms in total. The Kier molecular flexibility index (Phi) is 5.66. The number of carbonyl (C=O) groups excluding carboxylic acids is 2. The lowest BCUT2D eigenvalue weighted by atomic mass is 9.83. The summed E-state index contributed by atoms with van der Waals surface area (Å²) in [5.74, 6) is 1.41. The summed E-state index contributed by atoms with van der Waals surface area (Å²) in [6, 6.07) is 10.1. The number of piperidine rings is 1. The van der Waals surface area contributed by atoms with Crippen molar-refractivity contribution >= 4 is 33.3 Å². The third-order valence-corrected chi connectivity index (χ3v) is 8.00. The molecule has 2 unspecified atom stereocenters. The van der Waals surface area contributed by atoms with Crippen LogP contribution in [0, 0.1) is 11.8 Å². The lowest BCUT2D eigenvalue weighted by Gasteiger charge is -2.29. The Labute approximate surface area is 198 Å². The average molecular weight is 462 g/mol. The highest BCUT2D eigenvalue weighted by Crippen LogP contribution is 2.49. The van der Waals surface area contributed by atoms with Crippen molar-refractivity contribution in [1.29, 1.82) is 0 Å². The predicted molar refractivity (Wildman–Crippen MR) is 129 cm³/mol. The Morgan fingerprint density at radius 2 is 1.94 bits per heavy atom. The standard InChI is InChI=1S/C28H31NO5/c30-19-7-9-29(10-8-19)11-12-33-21-3-5-22-17(14-21)1-6-26-27(22)25(16-34-26)23-4-2-20(31)13-18-15-24(18)28(23)32/h1,3,5-6,14,16,18-19,23-24,30H,2,4,7-13,15H2/t18-,23?,24?/m0/s1. The highest BCUT2D eigenvalue weighted by molar-refractivity contribution is 6.10. The molecule has 2 aromatic carbocycles. The molecule has 3 fully saturated rings. The van der Waals surface area contributed by atoms with Crippen molar-refractivity contribution in [3.63, 3.8) is 0 Å². The van der Waals surface area contributed by atoms with Gasteiger partial charge < -0.3 is 14.3 Å². The first kappa shape index (κ1) is 21.8. The summed E-state index contributed by atoms with van der Waals surface area (Å²) in [6.45, 7) is 3.28. The van der Waals surface area contributed by atoms with Gasteiger partial charge in [0.25, 0.3) is 0 Å². The Hall–Kier alpha value is -2.70. The van der Waals surface area contributed by atoms with E-state index in [1.54, 1.807) is 6.26 Å². The molecule has 3 aliphatic rings. The van der Waals surface area contributed by atoms with Crippen molar-refractivity contribution in [2.45, 2.75) is 50.5 Å². The maximum absolute atomic E-state index is 13.3. The Bertz CT molecular complexity index is 1240. The Balaban J connectivity index is 1.24. The zero-order valence-electron chi connectivity index (χ0n) is 19.4. The van der Waals surface area contributed by atoms with Gasteiger partial charge >= 0.3 is 0 Å². The highest BCUT2D eigenvalue weighted by atomic mass is 16.5. The van der Waals surface area contributed by atoms with E-state index in [1.807, 2.05) is 24.3 Å². The minimum absolute atomic E-state index is 0.0392. The lowest BCUT2D eigenvalue weighted by molar-refractivity contribution is -0.124. The maximum Gasteiger partial charge on any atom is 0.143 e. The quantitative estimate of drug-likeness (QED) is 0.604. The van der Waals surface area contributed by atoms with Crippen LogP contribution < -0.4 is 4.74 Å². The van der Waals surface area contributed by atoms with Crippen molar-refractivity contribution in [1.82, 2.24) is 4.90 Å². The highest BCUT2D eigenvalue weighted by Gasteiger charge is 2.48. The SMILES string of the molecule is O=C1CCC(c2coc3ccc4cc(OCCN5CCC(O)CC5)ccc4c23)C(=O)C2C[C@@H]2C1. The molecule has 178 valence electrons. The van der Waals surface area contributed by atoms with Gasteiger partial charge in [0.1, 0.15) is 29.5 Å². The van der Waals surface area contributed by atoms with Crippen molar-refractivity contribution in [2.75, 3.05) is 26.2 Å². The van der Waals surface area contributed by atoms with Crippen LogP contribution in [0.15, 0.2) is 41.0 Å². The summed E-state index contributed by atoms with van der Waals surface area (Å²) < 4.78 is 11.9. The molecule has 0 bridgehead atoms. The van der Waals surface area contributed by atoms with E-state index in [1.165, 1.54) is 0 Å².